The minimum atomic E-state index is -0.177. The quantitative estimate of drug-likeness (QED) is 0.469. The zero-order valence-corrected chi connectivity index (χ0v) is 21.7. The molecule has 1 unspecified atom stereocenters. The molecule has 192 valence electrons. The Morgan fingerprint density at radius 2 is 1.83 bits per heavy atom. The van der Waals surface area contributed by atoms with Crippen molar-refractivity contribution in [2.45, 2.75) is 83.5 Å². The summed E-state index contributed by atoms with van der Waals surface area (Å²) in [4.78, 5) is 19.2. The normalized spacial score (nSPS) is 22.6. The number of hydrogen-bond donors (Lipinski definition) is 3. The van der Waals surface area contributed by atoms with Crippen LogP contribution in [-0.4, -0.2) is 81.3 Å². The molecule has 2 aliphatic rings. The van der Waals surface area contributed by atoms with E-state index in [2.05, 4.69) is 58.4 Å². The highest BCUT2D eigenvalue weighted by Crippen LogP contribution is 2.29. The summed E-state index contributed by atoms with van der Waals surface area (Å²) in [6, 6.07) is 4.90. The number of aliphatic hydroxyl groups is 1. The van der Waals surface area contributed by atoms with Crippen molar-refractivity contribution in [3.05, 3.63) is 30.1 Å². The van der Waals surface area contributed by atoms with Crippen LogP contribution < -0.4 is 10.6 Å². The van der Waals surface area contributed by atoms with Crippen molar-refractivity contribution in [3.8, 4) is 11.3 Å². The number of piperazine rings is 1. The average molecular weight is 482 g/mol. The Labute approximate surface area is 210 Å². The zero-order valence-electron chi connectivity index (χ0n) is 21.7. The van der Waals surface area contributed by atoms with Gasteiger partial charge in [0.25, 0.3) is 0 Å². The van der Waals surface area contributed by atoms with Crippen LogP contribution >= 0.6 is 0 Å². The second kappa shape index (κ2) is 12.6. The number of hydrogen-bond acceptors (Lipinski definition) is 8. The van der Waals surface area contributed by atoms with Gasteiger partial charge in [-0.3, -0.25) is 9.88 Å². The fraction of sp³-hybridized carbons (Fsp3) is 0.667. The first-order valence-electron chi connectivity index (χ1n) is 13.4. The number of likely N-dealkylation sites (N-methyl/N-ethyl adjacent to an activating group) is 1. The van der Waals surface area contributed by atoms with Crippen LogP contribution in [0.3, 0.4) is 0 Å². The molecule has 3 N–H and O–H groups in total. The Hall–Kier alpha value is -2.29. The molecule has 0 bridgehead atoms. The highest BCUT2D eigenvalue weighted by Gasteiger charge is 2.22. The molecule has 8 heteroatoms. The Morgan fingerprint density at radius 1 is 1.06 bits per heavy atom. The third kappa shape index (κ3) is 7.59. The topological polar surface area (TPSA) is 89.4 Å². The summed E-state index contributed by atoms with van der Waals surface area (Å²) in [6.07, 6.45) is 10.7. The lowest BCUT2D eigenvalue weighted by Gasteiger charge is -2.32. The maximum atomic E-state index is 9.92. The van der Waals surface area contributed by atoms with E-state index < -0.39 is 0 Å². The monoisotopic (exact) mass is 481 g/mol. The molecule has 3 heterocycles. The standard InChI is InChI=1S/C27H43N7O/c1-4-5-6-20(2)30-27-29-18-24(26(32-27)31-22-8-10-23(35)11-9-22)25-12-7-21(17-28-25)19-34-15-13-33(3)14-16-34/h7,12,17-18,20,22-23,35H,4-6,8-11,13-16,19H2,1-3H3,(H2,29,30,31,32). The van der Waals surface area contributed by atoms with E-state index in [0.717, 1.165) is 81.9 Å². The first kappa shape index (κ1) is 25.8. The van der Waals surface area contributed by atoms with Crippen LogP contribution in [0.5, 0.6) is 0 Å². The highest BCUT2D eigenvalue weighted by molar-refractivity contribution is 5.73. The molecule has 0 amide bonds. The molecule has 1 saturated heterocycles. The van der Waals surface area contributed by atoms with Crippen LogP contribution in [0.2, 0.25) is 0 Å². The number of aromatic nitrogens is 3. The fourth-order valence-corrected chi connectivity index (χ4v) is 4.91. The maximum Gasteiger partial charge on any atom is 0.224 e. The molecule has 2 aromatic heterocycles. The number of nitrogens with one attached hydrogen (secondary N) is 2. The van der Waals surface area contributed by atoms with Crippen molar-refractivity contribution >= 4 is 11.8 Å². The molecule has 0 radical (unpaired) electrons. The number of nitrogens with zero attached hydrogens (tertiary/aromatic N) is 5. The summed E-state index contributed by atoms with van der Waals surface area (Å²) >= 11 is 0. The van der Waals surface area contributed by atoms with Gasteiger partial charge in [0.05, 0.1) is 17.4 Å². The molecule has 2 fully saturated rings. The maximum absolute atomic E-state index is 9.92. The minimum Gasteiger partial charge on any atom is -0.393 e. The van der Waals surface area contributed by atoms with Gasteiger partial charge in [0.2, 0.25) is 5.95 Å². The fourth-order valence-electron chi connectivity index (χ4n) is 4.91. The van der Waals surface area contributed by atoms with Crippen LogP contribution in [0.15, 0.2) is 24.5 Å². The molecule has 0 aromatic carbocycles. The Bertz CT molecular complexity index is 906. The summed E-state index contributed by atoms with van der Waals surface area (Å²) in [5, 5.41) is 17.0. The van der Waals surface area contributed by atoms with Crippen molar-refractivity contribution in [2.75, 3.05) is 43.9 Å². The van der Waals surface area contributed by atoms with Crippen LogP contribution in [0.4, 0.5) is 11.8 Å². The number of anilines is 2. The highest BCUT2D eigenvalue weighted by atomic mass is 16.3. The van der Waals surface area contributed by atoms with Gasteiger partial charge in [-0.25, -0.2) is 4.98 Å². The number of unbranched alkanes of at least 4 members (excludes halogenated alkanes) is 1. The smallest absolute Gasteiger partial charge is 0.224 e. The van der Waals surface area contributed by atoms with Crippen molar-refractivity contribution in [1.82, 2.24) is 24.8 Å². The van der Waals surface area contributed by atoms with Crippen molar-refractivity contribution < 1.29 is 5.11 Å². The molecule has 35 heavy (non-hydrogen) atoms. The van der Waals surface area contributed by atoms with E-state index in [-0.39, 0.29) is 6.10 Å². The van der Waals surface area contributed by atoms with Gasteiger partial charge in [-0.2, -0.15) is 4.98 Å². The van der Waals surface area contributed by atoms with Gasteiger partial charge < -0.3 is 20.6 Å². The Kier molecular flexibility index (Phi) is 9.29. The second-order valence-corrected chi connectivity index (χ2v) is 10.4. The van der Waals surface area contributed by atoms with Crippen LogP contribution in [0, 0.1) is 0 Å². The molecule has 1 atom stereocenters. The molecule has 1 aliphatic heterocycles. The van der Waals surface area contributed by atoms with E-state index in [1.165, 1.54) is 18.4 Å². The molecular weight excluding hydrogens is 438 g/mol. The van der Waals surface area contributed by atoms with Crippen molar-refractivity contribution in [2.24, 2.45) is 0 Å². The van der Waals surface area contributed by atoms with Gasteiger partial charge in [0, 0.05) is 57.2 Å². The minimum absolute atomic E-state index is 0.177. The summed E-state index contributed by atoms with van der Waals surface area (Å²) in [6.45, 7) is 9.77. The number of aliphatic hydroxyl groups excluding tert-OH is 1. The lowest BCUT2D eigenvalue weighted by atomic mass is 9.93. The lowest BCUT2D eigenvalue weighted by molar-refractivity contribution is 0.126. The lowest BCUT2D eigenvalue weighted by Crippen LogP contribution is -2.43. The van der Waals surface area contributed by atoms with Gasteiger partial charge in [-0.1, -0.05) is 25.8 Å². The SMILES string of the molecule is CCCCC(C)Nc1ncc(-c2ccc(CN3CCN(C)CC3)cn2)c(NC2CCC(O)CC2)n1. The van der Waals surface area contributed by atoms with Crippen LogP contribution in [-0.2, 0) is 6.54 Å². The van der Waals surface area contributed by atoms with E-state index in [1.807, 2.05) is 12.4 Å². The summed E-state index contributed by atoms with van der Waals surface area (Å²) < 4.78 is 0. The summed E-state index contributed by atoms with van der Waals surface area (Å²) in [5.74, 6) is 1.48. The Balaban J connectivity index is 1.49. The van der Waals surface area contributed by atoms with Gasteiger partial charge in [0.15, 0.2) is 0 Å². The molecular formula is C27H43N7O. The van der Waals surface area contributed by atoms with Crippen molar-refractivity contribution in [3.63, 3.8) is 0 Å². The van der Waals surface area contributed by atoms with Crippen molar-refractivity contribution in [1.29, 1.82) is 0 Å². The summed E-state index contributed by atoms with van der Waals surface area (Å²) in [7, 11) is 2.18. The van der Waals surface area contributed by atoms with E-state index in [1.54, 1.807) is 0 Å². The number of rotatable bonds is 10. The average Bonchev–Trinajstić information content (AvgIpc) is 2.86. The van der Waals surface area contributed by atoms with Crippen LogP contribution in [0.1, 0.15) is 64.4 Å². The molecule has 1 aliphatic carbocycles. The molecule has 1 saturated carbocycles. The van der Waals surface area contributed by atoms with E-state index >= 15 is 0 Å². The first-order valence-corrected chi connectivity index (χ1v) is 13.4. The summed E-state index contributed by atoms with van der Waals surface area (Å²) in [5.41, 5.74) is 3.04. The second-order valence-electron chi connectivity index (χ2n) is 10.4. The number of pyridine rings is 1. The van der Waals surface area contributed by atoms with Gasteiger partial charge in [0.1, 0.15) is 5.82 Å². The molecule has 4 rings (SSSR count). The predicted molar refractivity (Wildman–Crippen MR) is 143 cm³/mol. The third-order valence-corrected chi connectivity index (χ3v) is 7.30. The Morgan fingerprint density at radius 3 is 2.51 bits per heavy atom. The molecule has 0 spiro atoms. The molecule has 2 aromatic rings. The van der Waals surface area contributed by atoms with Gasteiger partial charge >= 0.3 is 0 Å². The molecule has 8 nitrogen and oxygen atoms in total. The zero-order chi connectivity index (χ0) is 24.6. The largest absolute Gasteiger partial charge is 0.393 e. The van der Waals surface area contributed by atoms with E-state index in [4.69, 9.17) is 9.97 Å². The predicted octanol–water partition coefficient (Wildman–Crippen LogP) is 3.99. The van der Waals surface area contributed by atoms with Gasteiger partial charge in [-0.05, 0) is 57.7 Å². The van der Waals surface area contributed by atoms with E-state index in [9.17, 15) is 5.11 Å². The van der Waals surface area contributed by atoms with Crippen LogP contribution in [0.25, 0.3) is 11.3 Å². The first-order chi connectivity index (χ1) is 17.0. The van der Waals surface area contributed by atoms with Gasteiger partial charge in [-0.15, -0.1) is 0 Å². The van der Waals surface area contributed by atoms with E-state index in [0.29, 0.717) is 18.0 Å². The third-order valence-electron chi connectivity index (χ3n) is 7.30.